The number of carbonyl (C=O) groups excluding carboxylic acids is 4. The predicted molar refractivity (Wildman–Crippen MR) is 73.1 cm³/mol. The summed E-state index contributed by atoms with van der Waals surface area (Å²) < 4.78 is 8.99. The Kier molecular flexibility index (Phi) is 4.09. The van der Waals surface area contributed by atoms with Crippen molar-refractivity contribution in [2.45, 2.75) is 51.4 Å². The number of rotatable bonds is 0. The first kappa shape index (κ1) is 14.9. The summed E-state index contributed by atoms with van der Waals surface area (Å²) in [6.45, 7) is 0. The number of ether oxygens (including phenoxy) is 2. The molecule has 0 N–H and O–H groups in total. The molecular weight excluding hydrogens is 288 g/mol. The molecule has 2 unspecified atom stereocenters. The maximum atomic E-state index is 11.0. The van der Waals surface area contributed by atoms with Gasteiger partial charge >= 0.3 is 23.9 Å². The number of carbonyl (C=O) groups is 4. The zero-order valence-electron chi connectivity index (χ0n) is 12.3. The van der Waals surface area contributed by atoms with E-state index < -0.39 is 11.9 Å². The van der Waals surface area contributed by atoms with Gasteiger partial charge in [0.2, 0.25) is 0 Å². The van der Waals surface area contributed by atoms with Gasteiger partial charge in [-0.25, -0.2) is 9.59 Å². The summed E-state index contributed by atoms with van der Waals surface area (Å²) in [5.74, 6) is -1.61. The fourth-order valence-electron chi connectivity index (χ4n) is 3.51. The summed E-state index contributed by atoms with van der Waals surface area (Å²) in [6.07, 6.45) is 7.25. The van der Waals surface area contributed by atoms with Crippen LogP contribution in [0.5, 0.6) is 0 Å². The second-order valence-electron chi connectivity index (χ2n) is 6.08. The van der Waals surface area contributed by atoms with Gasteiger partial charge in [-0.05, 0) is 38.5 Å². The summed E-state index contributed by atoms with van der Waals surface area (Å²) in [5.41, 5.74) is 1.25. The lowest BCUT2D eigenvalue weighted by atomic mass is 9.81. The molecule has 2 aliphatic carbocycles. The average molecular weight is 306 g/mol. The number of hydrogen-bond donors (Lipinski definition) is 0. The Balaban J connectivity index is 0.000000131. The Hall–Kier alpha value is -1.98. The van der Waals surface area contributed by atoms with Crippen LogP contribution in [0.2, 0.25) is 0 Å². The van der Waals surface area contributed by atoms with E-state index in [1.54, 1.807) is 0 Å². The highest BCUT2D eigenvalue weighted by atomic mass is 16.6. The SMILES string of the molecule is O=C1OC(=O)C2=C1CCCC2.O=C1OC(=O)C2CCCCC12. The Morgan fingerprint density at radius 1 is 0.636 bits per heavy atom. The van der Waals surface area contributed by atoms with Crippen LogP contribution in [0.1, 0.15) is 51.4 Å². The van der Waals surface area contributed by atoms with Crippen molar-refractivity contribution in [3.63, 3.8) is 0 Å². The van der Waals surface area contributed by atoms with E-state index in [4.69, 9.17) is 0 Å². The number of esters is 4. The summed E-state index contributed by atoms with van der Waals surface area (Å²) in [6, 6.07) is 0. The molecule has 2 aliphatic heterocycles. The van der Waals surface area contributed by atoms with E-state index in [1.165, 1.54) is 0 Å². The molecule has 0 amide bonds. The fraction of sp³-hybridized carbons (Fsp3) is 0.625. The van der Waals surface area contributed by atoms with Crippen molar-refractivity contribution in [1.29, 1.82) is 0 Å². The third-order valence-electron chi connectivity index (χ3n) is 4.72. The highest BCUT2D eigenvalue weighted by molar-refractivity contribution is 6.12. The molecule has 118 valence electrons. The number of cyclic esters (lactones) is 4. The van der Waals surface area contributed by atoms with Gasteiger partial charge in [-0.2, -0.15) is 0 Å². The van der Waals surface area contributed by atoms with Gasteiger partial charge in [0.1, 0.15) is 0 Å². The van der Waals surface area contributed by atoms with Crippen LogP contribution >= 0.6 is 0 Å². The van der Waals surface area contributed by atoms with Gasteiger partial charge < -0.3 is 9.47 Å². The molecule has 1 saturated carbocycles. The van der Waals surface area contributed by atoms with Crippen LogP contribution < -0.4 is 0 Å². The van der Waals surface area contributed by atoms with E-state index in [9.17, 15) is 19.2 Å². The number of fused-ring (bicyclic) bond motifs is 1. The summed E-state index contributed by atoms with van der Waals surface area (Å²) in [4.78, 5) is 43.8. The normalized spacial score (nSPS) is 30.2. The van der Waals surface area contributed by atoms with Crippen molar-refractivity contribution in [3.8, 4) is 0 Å². The van der Waals surface area contributed by atoms with Crippen molar-refractivity contribution < 1.29 is 28.7 Å². The van der Waals surface area contributed by atoms with Crippen molar-refractivity contribution in [1.82, 2.24) is 0 Å². The standard InChI is InChI=1S/C8H10O3.C8H8O3/c2*9-7-5-3-1-2-4-6(5)8(10)11-7/h5-6H,1-4H2;1-4H2. The molecule has 0 bridgehead atoms. The van der Waals surface area contributed by atoms with Crippen LogP contribution in [0.4, 0.5) is 0 Å². The maximum absolute atomic E-state index is 11.0. The van der Waals surface area contributed by atoms with Crippen LogP contribution in [-0.2, 0) is 28.7 Å². The van der Waals surface area contributed by atoms with E-state index in [0.29, 0.717) is 11.1 Å². The molecule has 4 rings (SSSR count). The Morgan fingerprint density at radius 2 is 1.09 bits per heavy atom. The second-order valence-corrected chi connectivity index (χ2v) is 6.08. The van der Waals surface area contributed by atoms with Gasteiger partial charge in [-0.15, -0.1) is 0 Å². The predicted octanol–water partition coefficient (Wildman–Crippen LogP) is 1.82. The van der Waals surface area contributed by atoms with Crippen molar-refractivity contribution in [2.75, 3.05) is 0 Å². The molecule has 0 spiro atoms. The quantitative estimate of drug-likeness (QED) is 0.501. The maximum Gasteiger partial charge on any atom is 0.342 e. The van der Waals surface area contributed by atoms with Gasteiger partial charge in [0.25, 0.3) is 0 Å². The molecule has 0 aromatic carbocycles. The molecule has 2 heterocycles. The van der Waals surface area contributed by atoms with Crippen molar-refractivity contribution in [3.05, 3.63) is 11.1 Å². The first-order valence-electron chi connectivity index (χ1n) is 7.82. The highest BCUT2D eigenvalue weighted by Crippen LogP contribution is 2.36. The van der Waals surface area contributed by atoms with Crippen LogP contribution in [0, 0.1) is 11.8 Å². The molecule has 1 saturated heterocycles. The van der Waals surface area contributed by atoms with Gasteiger partial charge in [0.15, 0.2) is 0 Å². The van der Waals surface area contributed by atoms with Crippen molar-refractivity contribution in [2.24, 2.45) is 11.8 Å². The molecule has 6 heteroatoms. The van der Waals surface area contributed by atoms with Crippen LogP contribution in [0.3, 0.4) is 0 Å². The van der Waals surface area contributed by atoms with E-state index in [-0.39, 0.29) is 23.8 Å². The fourth-order valence-corrected chi connectivity index (χ4v) is 3.51. The third kappa shape index (κ3) is 2.69. The molecule has 22 heavy (non-hydrogen) atoms. The van der Waals surface area contributed by atoms with E-state index in [2.05, 4.69) is 9.47 Å². The Labute approximate surface area is 127 Å². The molecular formula is C16H18O6. The van der Waals surface area contributed by atoms with Crippen LogP contribution in [0.15, 0.2) is 11.1 Å². The largest absolute Gasteiger partial charge is 0.393 e. The van der Waals surface area contributed by atoms with Gasteiger partial charge in [0.05, 0.1) is 11.8 Å². The lowest BCUT2D eigenvalue weighted by Gasteiger charge is -2.18. The summed E-state index contributed by atoms with van der Waals surface area (Å²) in [5, 5.41) is 0. The summed E-state index contributed by atoms with van der Waals surface area (Å²) >= 11 is 0. The molecule has 0 aromatic heterocycles. The molecule has 4 aliphatic rings. The van der Waals surface area contributed by atoms with E-state index >= 15 is 0 Å². The Morgan fingerprint density at radius 3 is 1.55 bits per heavy atom. The zero-order chi connectivity index (χ0) is 15.7. The molecule has 6 nitrogen and oxygen atoms in total. The lowest BCUT2D eigenvalue weighted by Crippen LogP contribution is -2.21. The van der Waals surface area contributed by atoms with Gasteiger partial charge in [-0.3, -0.25) is 9.59 Å². The molecule has 0 aromatic rings. The Bertz CT molecular complexity index is 525. The molecule has 0 radical (unpaired) electrons. The second kappa shape index (κ2) is 6.02. The lowest BCUT2D eigenvalue weighted by molar-refractivity contribution is -0.154. The monoisotopic (exact) mass is 306 g/mol. The van der Waals surface area contributed by atoms with Gasteiger partial charge in [-0.1, -0.05) is 12.8 Å². The number of hydrogen-bond acceptors (Lipinski definition) is 6. The first-order chi connectivity index (χ1) is 10.6. The minimum atomic E-state index is -0.412. The van der Waals surface area contributed by atoms with Crippen LogP contribution in [0.25, 0.3) is 0 Å². The third-order valence-corrected chi connectivity index (χ3v) is 4.72. The zero-order valence-corrected chi connectivity index (χ0v) is 12.3. The summed E-state index contributed by atoms with van der Waals surface area (Å²) in [7, 11) is 0. The van der Waals surface area contributed by atoms with E-state index in [0.717, 1.165) is 51.4 Å². The van der Waals surface area contributed by atoms with Crippen LogP contribution in [-0.4, -0.2) is 23.9 Å². The molecule has 2 fully saturated rings. The molecule has 2 atom stereocenters. The highest BCUT2D eigenvalue weighted by Gasteiger charge is 2.44. The average Bonchev–Trinajstić information content (AvgIpc) is 2.99. The van der Waals surface area contributed by atoms with E-state index in [1.807, 2.05) is 0 Å². The van der Waals surface area contributed by atoms with Crippen molar-refractivity contribution >= 4 is 23.9 Å². The first-order valence-corrected chi connectivity index (χ1v) is 7.82. The minimum absolute atomic E-state index is 0.101. The smallest absolute Gasteiger partial charge is 0.342 e. The minimum Gasteiger partial charge on any atom is -0.393 e. The van der Waals surface area contributed by atoms with Gasteiger partial charge in [0, 0.05) is 11.1 Å². The topological polar surface area (TPSA) is 86.7 Å².